The average molecular weight is 157 g/mol. The van der Waals surface area contributed by atoms with Crippen molar-refractivity contribution < 1.29 is 9.78 Å². The van der Waals surface area contributed by atoms with E-state index in [2.05, 4.69) is 9.78 Å². The largest absolute Gasteiger partial charge is 0.216 e. The molecule has 2 unspecified atom stereocenters. The first-order valence-corrected chi connectivity index (χ1v) is 3.26. The van der Waals surface area contributed by atoms with Crippen LogP contribution < -0.4 is 0 Å². The highest BCUT2D eigenvalue weighted by atomic mass is 35.5. The maximum Gasteiger partial charge on any atom is 0.166 e. The van der Waals surface area contributed by atoms with E-state index in [9.17, 15) is 0 Å². The lowest BCUT2D eigenvalue weighted by Gasteiger charge is -2.19. The fraction of sp³-hybridized carbons (Fsp3) is 1.00. The van der Waals surface area contributed by atoms with E-state index >= 15 is 0 Å². The van der Waals surface area contributed by atoms with Crippen LogP contribution in [0.25, 0.3) is 0 Å². The van der Waals surface area contributed by atoms with E-state index in [1.54, 1.807) is 0 Å². The summed E-state index contributed by atoms with van der Waals surface area (Å²) in [7, 11) is 0. The zero-order valence-corrected chi connectivity index (χ0v) is 5.65. The predicted molar refractivity (Wildman–Crippen MR) is 30.7 cm³/mol. The number of hydrogen-bond acceptors (Lipinski definition) is 2. The summed E-state index contributed by atoms with van der Waals surface area (Å²) in [6, 6.07) is 0. The summed E-state index contributed by atoms with van der Waals surface area (Å²) in [6.45, 7) is 0. The van der Waals surface area contributed by atoms with E-state index in [0.29, 0.717) is 0 Å². The van der Waals surface area contributed by atoms with E-state index in [0.717, 1.165) is 12.8 Å². The first kappa shape index (κ1) is 6.62. The highest BCUT2D eigenvalue weighted by Gasteiger charge is 2.18. The molecule has 2 atom stereocenters. The molecule has 0 saturated carbocycles. The van der Waals surface area contributed by atoms with Crippen molar-refractivity contribution in [3.63, 3.8) is 0 Å². The van der Waals surface area contributed by atoms with Crippen LogP contribution in [0, 0.1) is 0 Å². The van der Waals surface area contributed by atoms with Gasteiger partial charge in [0, 0.05) is 0 Å². The SMILES string of the molecule is ClC1CCC(Cl)OO1. The Labute approximate surface area is 57.6 Å². The van der Waals surface area contributed by atoms with Gasteiger partial charge in [-0.3, -0.25) is 0 Å². The molecule has 1 saturated heterocycles. The van der Waals surface area contributed by atoms with Crippen LogP contribution in [0.2, 0.25) is 0 Å². The van der Waals surface area contributed by atoms with Gasteiger partial charge in [0.2, 0.25) is 0 Å². The van der Waals surface area contributed by atoms with Gasteiger partial charge in [-0.05, 0) is 12.8 Å². The minimum absolute atomic E-state index is 0.315. The third kappa shape index (κ3) is 1.78. The highest BCUT2D eigenvalue weighted by Crippen LogP contribution is 2.20. The summed E-state index contributed by atoms with van der Waals surface area (Å²) < 4.78 is 0. The lowest BCUT2D eigenvalue weighted by atomic mass is 10.3. The van der Waals surface area contributed by atoms with Crippen LogP contribution in [-0.4, -0.2) is 11.1 Å². The van der Waals surface area contributed by atoms with Crippen molar-refractivity contribution in [1.82, 2.24) is 0 Å². The van der Waals surface area contributed by atoms with Crippen molar-refractivity contribution in [2.24, 2.45) is 0 Å². The van der Waals surface area contributed by atoms with Crippen LogP contribution in [0.5, 0.6) is 0 Å². The Morgan fingerprint density at radius 1 is 1.00 bits per heavy atom. The van der Waals surface area contributed by atoms with Gasteiger partial charge in [-0.1, -0.05) is 23.2 Å². The third-order valence-electron chi connectivity index (χ3n) is 0.885. The zero-order chi connectivity index (χ0) is 5.98. The summed E-state index contributed by atoms with van der Waals surface area (Å²) in [6.07, 6.45) is 1.52. The van der Waals surface area contributed by atoms with Crippen LogP contribution in [0.1, 0.15) is 12.8 Å². The molecule has 0 bridgehead atoms. The fourth-order valence-corrected chi connectivity index (χ4v) is 0.815. The Morgan fingerprint density at radius 3 is 1.62 bits per heavy atom. The molecule has 0 amide bonds. The molecule has 1 rings (SSSR count). The highest BCUT2D eigenvalue weighted by molar-refractivity contribution is 6.21. The predicted octanol–water partition coefficient (Wildman–Crippen LogP) is 1.86. The molecule has 4 heteroatoms. The van der Waals surface area contributed by atoms with Crippen molar-refractivity contribution in [3.05, 3.63) is 0 Å². The maximum absolute atomic E-state index is 5.48. The van der Waals surface area contributed by atoms with Gasteiger partial charge in [0.15, 0.2) is 11.1 Å². The second-order valence-electron chi connectivity index (χ2n) is 1.59. The van der Waals surface area contributed by atoms with E-state index in [1.165, 1.54) is 0 Å². The molecule has 0 N–H and O–H groups in total. The van der Waals surface area contributed by atoms with Gasteiger partial charge in [0.25, 0.3) is 0 Å². The minimum atomic E-state index is -0.315. The second-order valence-corrected chi connectivity index (χ2v) is 2.56. The average Bonchev–Trinajstić information content (AvgIpc) is 1.77. The standard InChI is InChI=1S/C4H6Cl2O2/c5-3-1-2-4(6)8-7-3/h3-4H,1-2H2. The maximum atomic E-state index is 5.48. The van der Waals surface area contributed by atoms with Crippen LogP contribution in [0.4, 0.5) is 0 Å². The monoisotopic (exact) mass is 156 g/mol. The smallest absolute Gasteiger partial charge is 0.166 e. The Bertz CT molecular complexity index is 60.4. The van der Waals surface area contributed by atoms with E-state index in [4.69, 9.17) is 23.2 Å². The van der Waals surface area contributed by atoms with Gasteiger partial charge >= 0.3 is 0 Å². The molecule has 1 heterocycles. The van der Waals surface area contributed by atoms with Gasteiger partial charge in [0.1, 0.15) is 0 Å². The molecule has 0 spiro atoms. The second kappa shape index (κ2) is 2.87. The number of hydrogen-bond donors (Lipinski definition) is 0. The fourth-order valence-electron chi connectivity index (χ4n) is 0.479. The summed E-state index contributed by atoms with van der Waals surface area (Å²) in [5, 5.41) is 0. The van der Waals surface area contributed by atoms with Crippen LogP contribution >= 0.6 is 23.2 Å². The lowest BCUT2D eigenvalue weighted by Crippen LogP contribution is -2.19. The van der Waals surface area contributed by atoms with Crippen molar-refractivity contribution in [2.45, 2.75) is 24.0 Å². The molecule has 0 radical (unpaired) electrons. The Balaban J connectivity index is 2.19. The van der Waals surface area contributed by atoms with Crippen LogP contribution in [0.15, 0.2) is 0 Å². The zero-order valence-electron chi connectivity index (χ0n) is 4.14. The molecule has 8 heavy (non-hydrogen) atoms. The molecule has 1 fully saturated rings. The molecule has 2 nitrogen and oxygen atoms in total. The Hall–Kier alpha value is 0.500. The molecular formula is C4H6Cl2O2. The molecule has 0 aromatic heterocycles. The van der Waals surface area contributed by atoms with Gasteiger partial charge in [0.05, 0.1) is 0 Å². The van der Waals surface area contributed by atoms with Gasteiger partial charge in [-0.15, -0.1) is 0 Å². The first-order chi connectivity index (χ1) is 3.79. The van der Waals surface area contributed by atoms with E-state index < -0.39 is 0 Å². The third-order valence-corrected chi connectivity index (χ3v) is 1.47. The summed E-state index contributed by atoms with van der Waals surface area (Å²) in [5.41, 5.74) is -0.630. The molecule has 48 valence electrons. The van der Waals surface area contributed by atoms with Crippen molar-refractivity contribution in [2.75, 3.05) is 0 Å². The molecule has 0 aromatic carbocycles. The van der Waals surface area contributed by atoms with Gasteiger partial charge in [-0.2, -0.15) is 0 Å². The van der Waals surface area contributed by atoms with Gasteiger partial charge in [-0.25, -0.2) is 9.78 Å². The van der Waals surface area contributed by atoms with Crippen molar-refractivity contribution in [1.29, 1.82) is 0 Å². The van der Waals surface area contributed by atoms with Crippen molar-refractivity contribution in [3.8, 4) is 0 Å². The number of alkyl halides is 2. The summed E-state index contributed by atoms with van der Waals surface area (Å²) in [4.78, 5) is 9.05. The molecular weight excluding hydrogens is 151 g/mol. The van der Waals surface area contributed by atoms with Crippen LogP contribution in [0.3, 0.4) is 0 Å². The molecule has 1 aliphatic heterocycles. The number of halogens is 2. The quantitative estimate of drug-likeness (QED) is 0.394. The normalized spacial score (nSPS) is 39.8. The van der Waals surface area contributed by atoms with Gasteiger partial charge < -0.3 is 0 Å². The van der Waals surface area contributed by atoms with E-state index in [1.807, 2.05) is 0 Å². The topological polar surface area (TPSA) is 18.5 Å². The lowest BCUT2D eigenvalue weighted by molar-refractivity contribution is -0.337. The van der Waals surface area contributed by atoms with Crippen LogP contribution in [-0.2, 0) is 9.78 Å². The van der Waals surface area contributed by atoms with E-state index in [-0.39, 0.29) is 11.1 Å². The minimum Gasteiger partial charge on any atom is -0.216 e. The summed E-state index contributed by atoms with van der Waals surface area (Å²) >= 11 is 11.0. The molecule has 0 aromatic rings. The Morgan fingerprint density at radius 2 is 1.38 bits per heavy atom. The van der Waals surface area contributed by atoms with Crippen molar-refractivity contribution >= 4 is 23.2 Å². The molecule has 0 aliphatic carbocycles. The molecule has 1 aliphatic rings. The number of rotatable bonds is 0. The Kier molecular flexibility index (Phi) is 2.38. The summed E-state index contributed by atoms with van der Waals surface area (Å²) in [5.74, 6) is 0. The first-order valence-electron chi connectivity index (χ1n) is 2.39.